The lowest BCUT2D eigenvalue weighted by atomic mass is 10.2. The first-order chi connectivity index (χ1) is 10.5. The van der Waals surface area contributed by atoms with Crippen molar-refractivity contribution < 1.29 is 4.42 Å². The van der Waals surface area contributed by atoms with Crippen molar-refractivity contribution in [1.82, 2.24) is 5.01 Å². The maximum Gasteiger partial charge on any atom is 0.187 e. The molecule has 0 amide bonds. The molecule has 0 saturated heterocycles. The van der Waals surface area contributed by atoms with Crippen LogP contribution in [0.25, 0.3) is 11.3 Å². The minimum absolute atomic E-state index is 0.156. The molecular formula is C15H13Cl2N3OS. The fourth-order valence-corrected chi connectivity index (χ4v) is 2.32. The van der Waals surface area contributed by atoms with Gasteiger partial charge in [0.25, 0.3) is 0 Å². The van der Waals surface area contributed by atoms with Gasteiger partial charge >= 0.3 is 0 Å². The number of thiocarbonyl (C=S) groups is 1. The van der Waals surface area contributed by atoms with E-state index in [0.29, 0.717) is 28.1 Å². The van der Waals surface area contributed by atoms with Crippen LogP contribution in [-0.2, 0) is 0 Å². The Morgan fingerprint density at radius 3 is 2.77 bits per heavy atom. The van der Waals surface area contributed by atoms with Gasteiger partial charge in [0.05, 0.1) is 17.8 Å². The van der Waals surface area contributed by atoms with Gasteiger partial charge in [0.1, 0.15) is 11.5 Å². The maximum absolute atomic E-state index is 6.15. The molecule has 0 radical (unpaired) electrons. The number of nitrogens with zero attached hydrogens (tertiary/aromatic N) is 2. The van der Waals surface area contributed by atoms with E-state index in [2.05, 4.69) is 11.7 Å². The zero-order valence-corrected chi connectivity index (χ0v) is 13.8. The third-order valence-corrected chi connectivity index (χ3v) is 3.46. The average Bonchev–Trinajstić information content (AvgIpc) is 2.91. The van der Waals surface area contributed by atoms with Crippen molar-refractivity contribution in [3.63, 3.8) is 0 Å². The molecule has 1 aromatic heterocycles. The summed E-state index contributed by atoms with van der Waals surface area (Å²) < 4.78 is 5.69. The molecule has 1 heterocycles. The third kappa shape index (κ3) is 4.10. The number of furan rings is 1. The van der Waals surface area contributed by atoms with Gasteiger partial charge in [-0.3, -0.25) is 0 Å². The van der Waals surface area contributed by atoms with Crippen LogP contribution in [0.3, 0.4) is 0 Å². The largest absolute Gasteiger partial charge is 0.455 e. The normalized spacial score (nSPS) is 10.8. The lowest BCUT2D eigenvalue weighted by Gasteiger charge is -2.13. The Labute approximate surface area is 143 Å². The highest BCUT2D eigenvalue weighted by Crippen LogP contribution is 2.31. The smallest absolute Gasteiger partial charge is 0.187 e. The van der Waals surface area contributed by atoms with E-state index in [4.69, 9.17) is 45.6 Å². The lowest BCUT2D eigenvalue weighted by Crippen LogP contribution is -2.31. The summed E-state index contributed by atoms with van der Waals surface area (Å²) in [6.45, 7) is 4.04. The minimum atomic E-state index is 0.156. The number of benzene rings is 1. The Bertz CT molecular complexity index is 727. The minimum Gasteiger partial charge on any atom is -0.455 e. The van der Waals surface area contributed by atoms with Crippen LogP contribution in [0.1, 0.15) is 5.76 Å². The van der Waals surface area contributed by atoms with Gasteiger partial charge < -0.3 is 10.2 Å². The zero-order valence-electron chi connectivity index (χ0n) is 11.5. The molecule has 0 saturated carbocycles. The summed E-state index contributed by atoms with van der Waals surface area (Å²) in [5.74, 6) is 1.17. The summed E-state index contributed by atoms with van der Waals surface area (Å²) >= 11 is 16.9. The highest BCUT2D eigenvalue weighted by atomic mass is 35.5. The SMILES string of the molecule is C=CCN(N=Cc1ccc(-c2ccc(Cl)cc2Cl)o1)C(N)=S. The second-order valence-corrected chi connectivity index (χ2v) is 5.54. The van der Waals surface area contributed by atoms with E-state index in [0.717, 1.165) is 5.56 Å². The van der Waals surface area contributed by atoms with Gasteiger partial charge in [-0.15, -0.1) is 6.58 Å². The first-order valence-electron chi connectivity index (χ1n) is 6.28. The zero-order chi connectivity index (χ0) is 16.1. The summed E-state index contributed by atoms with van der Waals surface area (Å²) in [6.07, 6.45) is 3.17. The molecule has 0 unspecified atom stereocenters. The predicted octanol–water partition coefficient (Wildman–Crippen LogP) is 4.32. The van der Waals surface area contributed by atoms with Crippen LogP contribution in [0.5, 0.6) is 0 Å². The fourth-order valence-electron chi connectivity index (χ4n) is 1.70. The van der Waals surface area contributed by atoms with Crippen molar-refractivity contribution in [3.8, 4) is 11.3 Å². The van der Waals surface area contributed by atoms with Crippen LogP contribution in [0.4, 0.5) is 0 Å². The molecule has 0 fully saturated rings. The van der Waals surface area contributed by atoms with Gasteiger partial charge in [-0.2, -0.15) is 5.10 Å². The molecule has 4 nitrogen and oxygen atoms in total. The summed E-state index contributed by atoms with van der Waals surface area (Å²) in [6, 6.07) is 8.78. The monoisotopic (exact) mass is 353 g/mol. The molecule has 0 atom stereocenters. The van der Waals surface area contributed by atoms with E-state index in [9.17, 15) is 0 Å². The topological polar surface area (TPSA) is 54.8 Å². The van der Waals surface area contributed by atoms with E-state index >= 15 is 0 Å². The molecule has 0 aliphatic rings. The Morgan fingerprint density at radius 2 is 2.14 bits per heavy atom. The highest BCUT2D eigenvalue weighted by Gasteiger charge is 2.09. The first-order valence-corrected chi connectivity index (χ1v) is 7.45. The van der Waals surface area contributed by atoms with Gasteiger partial charge in [0.2, 0.25) is 0 Å². The maximum atomic E-state index is 6.15. The Hall–Kier alpha value is -1.82. The molecule has 1 aromatic carbocycles. The van der Waals surface area contributed by atoms with Crippen molar-refractivity contribution in [2.75, 3.05) is 6.54 Å². The molecule has 7 heteroatoms. The van der Waals surface area contributed by atoms with Crippen molar-refractivity contribution in [3.05, 3.63) is 58.8 Å². The number of hydrogen-bond donors (Lipinski definition) is 1. The summed E-state index contributed by atoms with van der Waals surface area (Å²) in [5.41, 5.74) is 6.31. The van der Waals surface area contributed by atoms with Gasteiger partial charge in [0.15, 0.2) is 5.11 Å². The third-order valence-electron chi connectivity index (χ3n) is 2.70. The molecule has 0 spiro atoms. The Kier molecular flexibility index (Phi) is 5.60. The molecule has 0 aliphatic heterocycles. The van der Waals surface area contributed by atoms with Gasteiger partial charge in [0, 0.05) is 10.6 Å². The molecular weight excluding hydrogens is 341 g/mol. The van der Waals surface area contributed by atoms with Crippen LogP contribution < -0.4 is 5.73 Å². The molecule has 0 bridgehead atoms. The van der Waals surface area contributed by atoms with Gasteiger partial charge in [-0.25, -0.2) is 5.01 Å². The summed E-state index contributed by atoms with van der Waals surface area (Å²) in [7, 11) is 0. The van der Waals surface area contributed by atoms with E-state index in [1.54, 1.807) is 36.4 Å². The van der Waals surface area contributed by atoms with Crippen molar-refractivity contribution in [1.29, 1.82) is 0 Å². The van der Waals surface area contributed by atoms with Crippen molar-refractivity contribution in [2.45, 2.75) is 0 Å². The number of hydrazone groups is 1. The standard InChI is InChI=1S/C15H13Cl2N3OS/c1-2-7-20(15(18)22)19-9-11-4-6-14(21-11)12-5-3-10(16)8-13(12)17/h2-6,8-9H,1,7H2,(H2,18,22). The molecule has 22 heavy (non-hydrogen) atoms. The van der Waals surface area contributed by atoms with Crippen LogP contribution in [0, 0.1) is 0 Å². The Balaban J connectivity index is 2.21. The van der Waals surface area contributed by atoms with Crippen LogP contribution in [0.2, 0.25) is 10.0 Å². The van der Waals surface area contributed by atoms with Crippen LogP contribution in [-0.4, -0.2) is 22.9 Å². The molecule has 114 valence electrons. The molecule has 2 N–H and O–H groups in total. The highest BCUT2D eigenvalue weighted by molar-refractivity contribution is 7.80. The molecule has 0 aliphatic carbocycles. The van der Waals surface area contributed by atoms with Gasteiger partial charge in [-0.1, -0.05) is 29.3 Å². The van der Waals surface area contributed by atoms with Crippen LogP contribution in [0.15, 0.2) is 52.5 Å². The average molecular weight is 354 g/mol. The number of hydrogen-bond acceptors (Lipinski definition) is 3. The number of rotatable bonds is 5. The quantitative estimate of drug-likeness (QED) is 0.376. The van der Waals surface area contributed by atoms with E-state index in [1.807, 2.05) is 0 Å². The second-order valence-electron chi connectivity index (χ2n) is 4.28. The Morgan fingerprint density at radius 1 is 1.36 bits per heavy atom. The van der Waals surface area contributed by atoms with E-state index in [-0.39, 0.29) is 5.11 Å². The van der Waals surface area contributed by atoms with Crippen molar-refractivity contribution in [2.24, 2.45) is 10.8 Å². The second kappa shape index (κ2) is 7.45. The van der Waals surface area contributed by atoms with E-state index in [1.165, 1.54) is 11.2 Å². The number of nitrogens with two attached hydrogens (primary N) is 1. The molecule has 2 rings (SSSR count). The van der Waals surface area contributed by atoms with Crippen LogP contribution >= 0.6 is 35.4 Å². The molecule has 2 aromatic rings. The first kappa shape index (κ1) is 16.5. The van der Waals surface area contributed by atoms with E-state index < -0.39 is 0 Å². The fraction of sp³-hybridized carbons (Fsp3) is 0.0667. The summed E-state index contributed by atoms with van der Waals surface area (Å²) in [5, 5.41) is 6.82. The van der Waals surface area contributed by atoms with Crippen molar-refractivity contribution >= 4 is 46.7 Å². The lowest BCUT2D eigenvalue weighted by molar-refractivity contribution is 0.497. The predicted molar refractivity (Wildman–Crippen MR) is 95.4 cm³/mol. The van der Waals surface area contributed by atoms with Gasteiger partial charge in [-0.05, 0) is 42.5 Å². The summed E-state index contributed by atoms with van der Waals surface area (Å²) in [4.78, 5) is 0. The number of halogens is 2.